The van der Waals surface area contributed by atoms with Crippen LogP contribution in [0.4, 0.5) is 0 Å². The Balaban J connectivity index is 1.86. The predicted molar refractivity (Wildman–Crippen MR) is 93.9 cm³/mol. The van der Waals surface area contributed by atoms with E-state index in [4.69, 9.17) is 10.5 Å². The highest BCUT2D eigenvalue weighted by Crippen LogP contribution is 2.25. The van der Waals surface area contributed by atoms with Crippen LogP contribution in [0.25, 0.3) is 0 Å². The van der Waals surface area contributed by atoms with Gasteiger partial charge in [0.15, 0.2) is 0 Å². The van der Waals surface area contributed by atoms with Gasteiger partial charge in [0.25, 0.3) is 0 Å². The molecule has 1 aliphatic heterocycles. The summed E-state index contributed by atoms with van der Waals surface area (Å²) < 4.78 is 5.82. The monoisotopic (exact) mass is 323 g/mol. The van der Waals surface area contributed by atoms with Gasteiger partial charge in [-0.3, -0.25) is 5.32 Å². The highest BCUT2D eigenvalue weighted by Gasteiger charge is 2.26. The Morgan fingerprint density at radius 3 is 2.65 bits per heavy atom. The number of rotatable bonds is 7. The maximum Gasteiger partial charge on any atom is 0.105 e. The summed E-state index contributed by atoms with van der Waals surface area (Å²) in [4.78, 5) is 2.43. The Hall–Kier alpha value is -0.880. The first-order chi connectivity index (χ1) is 11.0. The molecule has 0 aromatic carbocycles. The molecule has 2 aliphatic rings. The van der Waals surface area contributed by atoms with Crippen LogP contribution in [-0.4, -0.2) is 54.1 Å². The number of unbranched alkanes of at least 4 members (excludes halogenated alkanes) is 1. The third-order valence-corrected chi connectivity index (χ3v) is 4.52. The highest BCUT2D eigenvalue weighted by atomic mass is 16.5. The standard InChI is InChI=1S/C18H33N3O2/c1-13-10-16(20-18(22)6-4-5-9-19)7-8-17(13)21-11-14(2)23-15(3)12-21/h8,10,14-16,18,20,22H,4-7,9,11-12,19H2,1-3H3/t14-,15+,16?,18?. The predicted octanol–water partition coefficient (Wildman–Crippen LogP) is 1.74. The van der Waals surface area contributed by atoms with Crippen LogP contribution in [0.1, 0.15) is 46.5 Å². The van der Waals surface area contributed by atoms with E-state index >= 15 is 0 Å². The van der Waals surface area contributed by atoms with Gasteiger partial charge in [0, 0.05) is 24.8 Å². The Morgan fingerprint density at radius 1 is 1.35 bits per heavy atom. The molecule has 0 saturated carbocycles. The lowest BCUT2D eigenvalue weighted by Crippen LogP contribution is -2.46. The van der Waals surface area contributed by atoms with Gasteiger partial charge in [-0.15, -0.1) is 0 Å². The molecule has 1 fully saturated rings. The molecule has 0 amide bonds. The number of aliphatic hydroxyl groups is 1. The van der Waals surface area contributed by atoms with Gasteiger partial charge in [0.05, 0.1) is 12.2 Å². The van der Waals surface area contributed by atoms with Gasteiger partial charge >= 0.3 is 0 Å². The molecule has 2 rings (SSSR count). The van der Waals surface area contributed by atoms with Crippen LogP contribution in [0, 0.1) is 0 Å². The molecule has 23 heavy (non-hydrogen) atoms. The van der Waals surface area contributed by atoms with Crippen molar-refractivity contribution in [1.29, 1.82) is 0 Å². The summed E-state index contributed by atoms with van der Waals surface area (Å²) in [7, 11) is 0. The molecule has 1 aliphatic carbocycles. The number of nitrogens with zero attached hydrogens (tertiary/aromatic N) is 1. The third kappa shape index (κ3) is 5.60. The number of aliphatic hydroxyl groups excluding tert-OH is 1. The van der Waals surface area contributed by atoms with E-state index in [1.54, 1.807) is 0 Å². The van der Waals surface area contributed by atoms with E-state index in [1.807, 2.05) is 0 Å². The van der Waals surface area contributed by atoms with Crippen LogP contribution < -0.4 is 11.1 Å². The Morgan fingerprint density at radius 2 is 2.04 bits per heavy atom. The summed E-state index contributed by atoms with van der Waals surface area (Å²) >= 11 is 0. The van der Waals surface area contributed by atoms with E-state index in [2.05, 4.69) is 43.1 Å². The zero-order valence-electron chi connectivity index (χ0n) is 14.8. The average molecular weight is 323 g/mol. The molecule has 1 heterocycles. The molecule has 0 aromatic rings. The van der Waals surface area contributed by atoms with Gasteiger partial charge in [-0.25, -0.2) is 0 Å². The zero-order valence-corrected chi connectivity index (χ0v) is 14.8. The second-order valence-corrected chi connectivity index (χ2v) is 6.91. The molecule has 132 valence electrons. The van der Waals surface area contributed by atoms with Crippen molar-refractivity contribution in [3.05, 3.63) is 23.4 Å². The number of hydrogen-bond donors (Lipinski definition) is 3. The van der Waals surface area contributed by atoms with Gasteiger partial charge in [-0.2, -0.15) is 0 Å². The van der Waals surface area contributed by atoms with Crippen molar-refractivity contribution < 1.29 is 9.84 Å². The molecule has 0 radical (unpaired) electrons. The molecule has 2 unspecified atom stereocenters. The number of ether oxygens (including phenoxy) is 1. The van der Waals surface area contributed by atoms with E-state index in [9.17, 15) is 5.11 Å². The van der Waals surface area contributed by atoms with Crippen molar-refractivity contribution >= 4 is 0 Å². The van der Waals surface area contributed by atoms with Gasteiger partial charge < -0.3 is 20.5 Å². The first-order valence-electron chi connectivity index (χ1n) is 8.93. The highest BCUT2D eigenvalue weighted by molar-refractivity contribution is 5.33. The average Bonchev–Trinajstić information content (AvgIpc) is 2.46. The molecule has 4 N–H and O–H groups in total. The second kappa shape index (κ2) is 8.83. The quantitative estimate of drug-likeness (QED) is 0.492. The molecule has 0 bridgehead atoms. The van der Waals surface area contributed by atoms with E-state index in [-0.39, 0.29) is 18.2 Å². The molecule has 1 saturated heterocycles. The van der Waals surface area contributed by atoms with Crippen LogP contribution in [-0.2, 0) is 4.74 Å². The van der Waals surface area contributed by atoms with E-state index in [0.29, 0.717) is 6.54 Å². The van der Waals surface area contributed by atoms with E-state index in [1.165, 1.54) is 11.3 Å². The van der Waals surface area contributed by atoms with Crippen molar-refractivity contribution in [2.75, 3.05) is 19.6 Å². The molecule has 5 nitrogen and oxygen atoms in total. The topological polar surface area (TPSA) is 70.8 Å². The lowest BCUT2D eigenvalue weighted by Gasteiger charge is -2.40. The molecule has 0 aromatic heterocycles. The van der Waals surface area contributed by atoms with Crippen molar-refractivity contribution in [2.45, 2.75) is 70.9 Å². The van der Waals surface area contributed by atoms with Gasteiger partial charge in [0.1, 0.15) is 6.23 Å². The first kappa shape index (κ1) is 18.5. The van der Waals surface area contributed by atoms with E-state index < -0.39 is 6.23 Å². The Labute approximate surface area is 140 Å². The normalized spacial score (nSPS) is 30.0. The van der Waals surface area contributed by atoms with Crippen LogP contribution in [0.2, 0.25) is 0 Å². The van der Waals surface area contributed by atoms with Crippen LogP contribution >= 0.6 is 0 Å². The van der Waals surface area contributed by atoms with Crippen LogP contribution in [0.3, 0.4) is 0 Å². The summed E-state index contributed by atoms with van der Waals surface area (Å²) in [6.07, 6.45) is 8.24. The number of hydrogen-bond acceptors (Lipinski definition) is 5. The second-order valence-electron chi connectivity index (χ2n) is 6.91. The lowest BCUT2D eigenvalue weighted by atomic mass is 9.98. The zero-order chi connectivity index (χ0) is 16.8. The molecular formula is C18H33N3O2. The molecule has 5 heteroatoms. The minimum atomic E-state index is -0.450. The van der Waals surface area contributed by atoms with Gasteiger partial charge in [0.2, 0.25) is 0 Å². The number of nitrogens with two attached hydrogens (primary N) is 1. The third-order valence-electron chi connectivity index (χ3n) is 4.52. The van der Waals surface area contributed by atoms with Gasteiger partial charge in [-0.1, -0.05) is 12.2 Å². The summed E-state index contributed by atoms with van der Waals surface area (Å²) in [6, 6.07) is 0.211. The number of nitrogens with one attached hydrogen (secondary N) is 1. The van der Waals surface area contributed by atoms with Gasteiger partial charge in [-0.05, 0) is 58.6 Å². The number of allylic oxidation sites excluding steroid dienone is 1. The smallest absolute Gasteiger partial charge is 0.105 e. The van der Waals surface area contributed by atoms with Crippen molar-refractivity contribution in [3.63, 3.8) is 0 Å². The summed E-state index contributed by atoms with van der Waals surface area (Å²) in [5.74, 6) is 0. The van der Waals surface area contributed by atoms with Crippen molar-refractivity contribution in [3.8, 4) is 0 Å². The van der Waals surface area contributed by atoms with E-state index in [0.717, 1.165) is 38.8 Å². The molecular weight excluding hydrogens is 290 g/mol. The van der Waals surface area contributed by atoms with Crippen LogP contribution in [0.15, 0.2) is 23.4 Å². The Bertz CT molecular complexity index is 426. The number of morpholine rings is 1. The minimum Gasteiger partial charge on any atom is -0.379 e. The van der Waals surface area contributed by atoms with Crippen LogP contribution in [0.5, 0.6) is 0 Å². The summed E-state index contributed by atoms with van der Waals surface area (Å²) in [6.45, 7) is 9.01. The fraction of sp³-hybridized carbons (Fsp3) is 0.778. The Kier molecular flexibility index (Phi) is 7.09. The molecule has 4 atom stereocenters. The molecule has 0 spiro atoms. The minimum absolute atomic E-state index is 0.211. The van der Waals surface area contributed by atoms with Crippen molar-refractivity contribution in [1.82, 2.24) is 10.2 Å². The summed E-state index contributed by atoms with van der Waals surface area (Å²) in [5, 5.41) is 13.4. The SMILES string of the molecule is CC1=CC(NC(O)CCCCN)CC=C1N1C[C@@H](C)O[C@@H](C)C1. The fourth-order valence-electron chi connectivity index (χ4n) is 3.54. The lowest BCUT2D eigenvalue weighted by molar-refractivity contribution is -0.0572. The maximum absolute atomic E-state index is 10.1. The maximum atomic E-state index is 10.1. The van der Waals surface area contributed by atoms with Crippen molar-refractivity contribution in [2.24, 2.45) is 5.73 Å². The fourth-order valence-corrected chi connectivity index (χ4v) is 3.54. The first-order valence-corrected chi connectivity index (χ1v) is 8.93. The summed E-state index contributed by atoms with van der Waals surface area (Å²) in [5.41, 5.74) is 8.09. The largest absolute Gasteiger partial charge is 0.379 e.